The Balaban J connectivity index is 1.92. The van der Waals surface area contributed by atoms with Gasteiger partial charge in [0.25, 0.3) is 5.92 Å². The molecule has 16 heavy (non-hydrogen) atoms. The van der Waals surface area contributed by atoms with Crippen molar-refractivity contribution in [3.63, 3.8) is 0 Å². The molecule has 2 heterocycles. The smallest absolute Gasteiger partial charge is 0.250 e. The van der Waals surface area contributed by atoms with E-state index in [1.54, 1.807) is 0 Å². The molecule has 0 spiro atoms. The Labute approximate surface area is 102 Å². The molecule has 0 bridgehead atoms. The Morgan fingerprint density at radius 1 is 1.31 bits per heavy atom. The van der Waals surface area contributed by atoms with Crippen molar-refractivity contribution in [1.29, 1.82) is 0 Å². The molecule has 0 aliphatic carbocycles. The van der Waals surface area contributed by atoms with Crippen LogP contribution in [-0.2, 0) is 6.54 Å². The van der Waals surface area contributed by atoms with Gasteiger partial charge in [-0.15, -0.1) is 0 Å². The molecular formula is C11H13BrF2N2. The third kappa shape index (κ3) is 3.22. The van der Waals surface area contributed by atoms with E-state index < -0.39 is 5.92 Å². The second-order valence-electron chi connectivity index (χ2n) is 4.08. The van der Waals surface area contributed by atoms with Gasteiger partial charge < -0.3 is 0 Å². The summed E-state index contributed by atoms with van der Waals surface area (Å²) in [7, 11) is 0. The second kappa shape index (κ2) is 4.75. The highest BCUT2D eigenvalue weighted by Gasteiger charge is 2.33. The van der Waals surface area contributed by atoms with E-state index in [0.29, 0.717) is 19.6 Å². The zero-order chi connectivity index (χ0) is 11.6. The molecule has 5 heteroatoms. The fourth-order valence-corrected chi connectivity index (χ4v) is 2.19. The van der Waals surface area contributed by atoms with Crippen LogP contribution in [-0.4, -0.2) is 28.9 Å². The Bertz CT molecular complexity index is 361. The maximum absolute atomic E-state index is 12.9. The lowest BCUT2D eigenvalue weighted by Gasteiger charge is -2.31. The van der Waals surface area contributed by atoms with Gasteiger partial charge >= 0.3 is 0 Å². The lowest BCUT2D eigenvalue weighted by atomic mass is 10.1. The molecule has 1 aromatic heterocycles. The molecule has 1 aliphatic heterocycles. The zero-order valence-electron chi connectivity index (χ0n) is 8.80. The van der Waals surface area contributed by atoms with Crippen molar-refractivity contribution < 1.29 is 8.78 Å². The molecule has 0 amide bonds. The maximum Gasteiger partial charge on any atom is 0.250 e. The number of nitrogens with zero attached hydrogens (tertiary/aromatic N) is 2. The predicted octanol–water partition coefficient (Wildman–Crippen LogP) is 3.08. The first-order chi connectivity index (χ1) is 7.55. The lowest BCUT2D eigenvalue weighted by Crippen LogP contribution is -2.38. The van der Waals surface area contributed by atoms with Crippen molar-refractivity contribution in [3.8, 4) is 0 Å². The predicted molar refractivity (Wildman–Crippen MR) is 61.4 cm³/mol. The topological polar surface area (TPSA) is 16.1 Å². The molecule has 2 rings (SSSR count). The summed E-state index contributed by atoms with van der Waals surface area (Å²) in [6, 6.07) is 5.68. The van der Waals surface area contributed by atoms with E-state index in [-0.39, 0.29) is 12.8 Å². The summed E-state index contributed by atoms with van der Waals surface area (Å²) in [6.45, 7) is 1.54. The number of aromatic nitrogens is 1. The van der Waals surface area contributed by atoms with Gasteiger partial charge in [0.2, 0.25) is 0 Å². The molecule has 1 aromatic rings. The van der Waals surface area contributed by atoms with Gasteiger partial charge in [-0.05, 0) is 28.1 Å². The number of rotatable bonds is 2. The van der Waals surface area contributed by atoms with Crippen molar-refractivity contribution in [2.24, 2.45) is 0 Å². The highest BCUT2D eigenvalue weighted by molar-refractivity contribution is 9.10. The number of pyridine rings is 1. The van der Waals surface area contributed by atoms with Crippen LogP contribution < -0.4 is 0 Å². The van der Waals surface area contributed by atoms with Gasteiger partial charge in [0.1, 0.15) is 4.60 Å². The van der Waals surface area contributed by atoms with Crippen molar-refractivity contribution in [3.05, 3.63) is 28.5 Å². The molecule has 1 fully saturated rings. The Hall–Kier alpha value is -0.550. The second-order valence-corrected chi connectivity index (χ2v) is 4.90. The van der Waals surface area contributed by atoms with Crippen LogP contribution >= 0.6 is 15.9 Å². The van der Waals surface area contributed by atoms with E-state index in [4.69, 9.17) is 0 Å². The van der Waals surface area contributed by atoms with Gasteiger partial charge in [-0.25, -0.2) is 13.8 Å². The fourth-order valence-electron chi connectivity index (χ4n) is 1.81. The molecule has 88 valence electrons. The molecule has 0 N–H and O–H groups in total. The first-order valence-corrected chi connectivity index (χ1v) is 6.06. The number of hydrogen-bond acceptors (Lipinski definition) is 2. The average molecular weight is 291 g/mol. The summed E-state index contributed by atoms with van der Waals surface area (Å²) in [5, 5.41) is 0. The van der Waals surface area contributed by atoms with Crippen LogP contribution in [0.15, 0.2) is 22.8 Å². The van der Waals surface area contributed by atoms with Gasteiger partial charge in [-0.1, -0.05) is 6.07 Å². The average Bonchev–Trinajstić information content (AvgIpc) is 2.21. The van der Waals surface area contributed by atoms with Crippen LogP contribution in [0.1, 0.15) is 18.5 Å². The van der Waals surface area contributed by atoms with Crippen molar-refractivity contribution in [2.45, 2.75) is 25.3 Å². The summed E-state index contributed by atoms with van der Waals surface area (Å²) >= 11 is 3.30. The minimum atomic E-state index is -2.47. The summed E-state index contributed by atoms with van der Waals surface area (Å²) in [4.78, 5) is 6.31. The van der Waals surface area contributed by atoms with Crippen LogP contribution in [0.2, 0.25) is 0 Å². The van der Waals surface area contributed by atoms with E-state index in [0.717, 1.165) is 10.3 Å². The van der Waals surface area contributed by atoms with Crippen molar-refractivity contribution in [1.82, 2.24) is 9.88 Å². The van der Waals surface area contributed by atoms with Crippen molar-refractivity contribution in [2.75, 3.05) is 13.1 Å². The standard InChI is InChI=1S/C11H13BrF2N2/c12-10-3-1-2-9(15-10)8-16-6-4-11(13,14)5-7-16/h1-3H,4-8H2. The molecule has 0 aromatic carbocycles. The molecule has 1 saturated heterocycles. The number of halogens is 3. The zero-order valence-corrected chi connectivity index (χ0v) is 10.4. The third-order valence-electron chi connectivity index (χ3n) is 2.75. The summed E-state index contributed by atoms with van der Waals surface area (Å²) in [5.41, 5.74) is 0.916. The molecule has 0 atom stereocenters. The molecule has 2 nitrogen and oxygen atoms in total. The fraction of sp³-hybridized carbons (Fsp3) is 0.545. The van der Waals surface area contributed by atoms with Crippen LogP contribution in [0, 0.1) is 0 Å². The largest absolute Gasteiger partial charge is 0.297 e. The van der Waals surface area contributed by atoms with Crippen LogP contribution in [0.5, 0.6) is 0 Å². The van der Waals surface area contributed by atoms with Gasteiger partial charge in [0.05, 0.1) is 5.69 Å². The number of alkyl halides is 2. The Morgan fingerprint density at radius 2 is 2.00 bits per heavy atom. The Kier molecular flexibility index (Phi) is 3.54. The van der Waals surface area contributed by atoms with Gasteiger partial charge in [-0.2, -0.15) is 0 Å². The van der Waals surface area contributed by atoms with E-state index in [1.165, 1.54) is 0 Å². The molecule has 1 aliphatic rings. The molecule has 0 radical (unpaired) electrons. The normalized spacial score (nSPS) is 20.9. The first kappa shape index (κ1) is 11.9. The van der Waals surface area contributed by atoms with E-state index >= 15 is 0 Å². The molecule has 0 unspecified atom stereocenters. The molecule has 0 saturated carbocycles. The van der Waals surface area contributed by atoms with Gasteiger partial charge in [0, 0.05) is 32.5 Å². The number of hydrogen-bond donors (Lipinski definition) is 0. The van der Waals surface area contributed by atoms with E-state index in [9.17, 15) is 8.78 Å². The SMILES string of the molecule is FC1(F)CCN(Cc2cccc(Br)n2)CC1. The quantitative estimate of drug-likeness (QED) is 0.778. The summed E-state index contributed by atoms with van der Waals surface area (Å²) in [5.74, 6) is -2.47. The highest BCUT2D eigenvalue weighted by atomic mass is 79.9. The monoisotopic (exact) mass is 290 g/mol. The number of piperidine rings is 1. The number of likely N-dealkylation sites (tertiary alicyclic amines) is 1. The van der Waals surface area contributed by atoms with E-state index in [2.05, 4.69) is 20.9 Å². The summed E-state index contributed by atoms with van der Waals surface area (Å²) < 4.78 is 26.6. The van der Waals surface area contributed by atoms with E-state index in [1.807, 2.05) is 23.1 Å². The van der Waals surface area contributed by atoms with Crippen LogP contribution in [0.25, 0.3) is 0 Å². The van der Waals surface area contributed by atoms with Gasteiger partial charge in [-0.3, -0.25) is 4.90 Å². The minimum absolute atomic E-state index is 0.0407. The summed E-state index contributed by atoms with van der Waals surface area (Å²) in [6.07, 6.45) is -0.0813. The van der Waals surface area contributed by atoms with Crippen LogP contribution in [0.4, 0.5) is 8.78 Å². The van der Waals surface area contributed by atoms with Gasteiger partial charge in [0.15, 0.2) is 0 Å². The maximum atomic E-state index is 12.9. The highest BCUT2D eigenvalue weighted by Crippen LogP contribution is 2.28. The lowest BCUT2D eigenvalue weighted by molar-refractivity contribution is -0.0568. The van der Waals surface area contributed by atoms with Crippen LogP contribution in [0.3, 0.4) is 0 Å². The van der Waals surface area contributed by atoms with Crippen molar-refractivity contribution >= 4 is 15.9 Å². The Morgan fingerprint density at radius 3 is 2.62 bits per heavy atom. The minimum Gasteiger partial charge on any atom is -0.297 e. The third-order valence-corrected chi connectivity index (χ3v) is 3.19. The molecular weight excluding hydrogens is 278 g/mol. The first-order valence-electron chi connectivity index (χ1n) is 5.27.